The van der Waals surface area contributed by atoms with Gasteiger partial charge in [-0.05, 0) is 6.92 Å². The predicted octanol–water partition coefficient (Wildman–Crippen LogP) is -0.605. The van der Waals surface area contributed by atoms with E-state index in [2.05, 4.69) is 5.32 Å². The number of carboxylic acid groups (broad SMARTS) is 1. The fourth-order valence-corrected chi connectivity index (χ4v) is 2.21. The van der Waals surface area contributed by atoms with E-state index in [1.165, 1.54) is 18.9 Å². The predicted molar refractivity (Wildman–Crippen MR) is 73.9 cm³/mol. The Balaban J connectivity index is 2.42. The maximum absolute atomic E-state index is 11.9. The largest absolute Gasteiger partial charge is 0.481 e. The zero-order valence-electron chi connectivity index (χ0n) is 12.5. The first-order valence-electron chi connectivity index (χ1n) is 6.87. The van der Waals surface area contributed by atoms with E-state index in [1.807, 2.05) is 0 Å². The summed E-state index contributed by atoms with van der Waals surface area (Å²) in [5.74, 6) is -1.14. The van der Waals surface area contributed by atoms with Gasteiger partial charge >= 0.3 is 12.0 Å². The lowest BCUT2D eigenvalue weighted by Crippen LogP contribution is -2.52. The van der Waals surface area contributed by atoms with Crippen molar-refractivity contribution in [2.24, 2.45) is 0 Å². The van der Waals surface area contributed by atoms with Gasteiger partial charge in [-0.15, -0.1) is 0 Å². The lowest BCUT2D eigenvalue weighted by atomic mass is 9.94. The lowest BCUT2D eigenvalue weighted by molar-refractivity contribution is -0.141. The molecule has 4 N–H and O–H groups in total. The molecule has 0 bridgehead atoms. The van der Waals surface area contributed by atoms with Gasteiger partial charge in [-0.2, -0.15) is 0 Å². The first-order chi connectivity index (χ1) is 9.64. The van der Waals surface area contributed by atoms with Crippen LogP contribution in [0.4, 0.5) is 4.79 Å². The summed E-state index contributed by atoms with van der Waals surface area (Å²) in [6, 6.07) is -0.472. The molecule has 1 unspecified atom stereocenters. The van der Waals surface area contributed by atoms with Gasteiger partial charge in [-0.3, -0.25) is 4.79 Å². The van der Waals surface area contributed by atoms with Crippen LogP contribution in [0.3, 0.4) is 0 Å². The van der Waals surface area contributed by atoms with Crippen LogP contribution in [0.5, 0.6) is 0 Å². The maximum atomic E-state index is 11.9. The number of nitrogens with zero attached hydrogens (tertiary/aromatic N) is 1. The Hall–Kier alpha value is -1.38. The standard InChI is InChI=1S/C13H24N2O6/c1-12(19,7-10(16)17)8-14-11(18)15(2)9-13(20)3-5-21-6-4-13/h19-20H,3-9H2,1-2H3,(H,14,18)(H,16,17). The quantitative estimate of drug-likeness (QED) is 0.520. The van der Waals surface area contributed by atoms with Gasteiger partial charge in [0, 0.05) is 39.6 Å². The van der Waals surface area contributed by atoms with Crippen molar-refractivity contribution in [2.75, 3.05) is 33.4 Å². The summed E-state index contributed by atoms with van der Waals surface area (Å²) < 4.78 is 5.17. The highest BCUT2D eigenvalue weighted by molar-refractivity contribution is 5.74. The molecule has 122 valence electrons. The van der Waals surface area contributed by atoms with Gasteiger partial charge in [0.05, 0.1) is 24.2 Å². The zero-order valence-corrected chi connectivity index (χ0v) is 12.5. The number of urea groups is 1. The van der Waals surface area contributed by atoms with E-state index in [9.17, 15) is 19.8 Å². The van der Waals surface area contributed by atoms with Gasteiger partial charge in [0.25, 0.3) is 0 Å². The molecule has 2 amide bonds. The number of carbonyl (C=O) groups is 2. The highest BCUT2D eigenvalue weighted by Gasteiger charge is 2.33. The molecule has 1 fully saturated rings. The van der Waals surface area contributed by atoms with Crippen LogP contribution in [0.15, 0.2) is 0 Å². The van der Waals surface area contributed by atoms with Crippen molar-refractivity contribution in [3.63, 3.8) is 0 Å². The third-order valence-corrected chi connectivity index (χ3v) is 3.45. The third-order valence-electron chi connectivity index (χ3n) is 3.45. The normalized spacial score (nSPS) is 20.4. The van der Waals surface area contributed by atoms with E-state index < -0.39 is 29.6 Å². The summed E-state index contributed by atoms with van der Waals surface area (Å²) in [5.41, 5.74) is -2.48. The number of ether oxygens (including phenoxy) is 1. The van der Waals surface area contributed by atoms with E-state index in [4.69, 9.17) is 9.84 Å². The fourth-order valence-electron chi connectivity index (χ4n) is 2.21. The van der Waals surface area contributed by atoms with E-state index in [-0.39, 0.29) is 13.1 Å². The average Bonchev–Trinajstić information content (AvgIpc) is 2.34. The molecule has 0 aromatic rings. The number of carbonyl (C=O) groups excluding carboxylic acids is 1. The summed E-state index contributed by atoms with van der Waals surface area (Å²) >= 11 is 0. The van der Waals surface area contributed by atoms with Crippen molar-refractivity contribution >= 4 is 12.0 Å². The number of carboxylic acids is 1. The van der Waals surface area contributed by atoms with Gasteiger partial charge in [-0.1, -0.05) is 0 Å². The van der Waals surface area contributed by atoms with E-state index in [1.54, 1.807) is 0 Å². The number of likely N-dealkylation sites (N-methyl/N-ethyl adjacent to an activating group) is 1. The first kappa shape index (κ1) is 17.7. The minimum atomic E-state index is -1.52. The molecule has 0 aliphatic carbocycles. The third kappa shape index (κ3) is 6.28. The SMILES string of the molecule is CN(CC1(O)CCOCC1)C(=O)NCC(C)(O)CC(=O)O. The minimum absolute atomic E-state index is 0.156. The van der Waals surface area contributed by atoms with E-state index in [0.29, 0.717) is 26.1 Å². The van der Waals surface area contributed by atoms with Crippen LogP contribution >= 0.6 is 0 Å². The highest BCUT2D eigenvalue weighted by atomic mass is 16.5. The molecule has 21 heavy (non-hydrogen) atoms. The summed E-state index contributed by atoms with van der Waals surface area (Å²) in [6.45, 7) is 2.24. The maximum Gasteiger partial charge on any atom is 0.317 e. The molecule has 8 heteroatoms. The second kappa shape index (κ2) is 7.06. The number of hydrogen-bond donors (Lipinski definition) is 4. The van der Waals surface area contributed by atoms with Gasteiger partial charge in [0.15, 0.2) is 0 Å². The topological polar surface area (TPSA) is 119 Å². The van der Waals surface area contributed by atoms with Crippen LogP contribution < -0.4 is 5.32 Å². The Morgan fingerprint density at radius 2 is 1.95 bits per heavy atom. The molecule has 1 aliphatic rings. The second-order valence-electron chi connectivity index (χ2n) is 5.92. The molecule has 0 aromatic carbocycles. The monoisotopic (exact) mass is 304 g/mol. The molecule has 0 radical (unpaired) electrons. The number of hydrogen-bond acceptors (Lipinski definition) is 5. The smallest absolute Gasteiger partial charge is 0.317 e. The molecule has 0 aromatic heterocycles. The second-order valence-corrected chi connectivity index (χ2v) is 5.92. The van der Waals surface area contributed by atoms with Crippen LogP contribution in [-0.2, 0) is 9.53 Å². The Bertz CT molecular complexity index is 379. The van der Waals surface area contributed by atoms with Crippen molar-refractivity contribution in [1.82, 2.24) is 10.2 Å². The number of rotatable bonds is 6. The van der Waals surface area contributed by atoms with Crippen molar-refractivity contribution in [3.05, 3.63) is 0 Å². The number of aliphatic carboxylic acids is 1. The van der Waals surface area contributed by atoms with Crippen molar-refractivity contribution in [3.8, 4) is 0 Å². The van der Waals surface area contributed by atoms with Crippen LogP contribution in [0.1, 0.15) is 26.2 Å². The molecule has 1 heterocycles. The summed E-state index contributed by atoms with van der Waals surface area (Å²) in [4.78, 5) is 23.8. The highest BCUT2D eigenvalue weighted by Crippen LogP contribution is 2.21. The minimum Gasteiger partial charge on any atom is -0.481 e. The lowest BCUT2D eigenvalue weighted by Gasteiger charge is -2.35. The van der Waals surface area contributed by atoms with Crippen LogP contribution in [0.2, 0.25) is 0 Å². The number of nitrogens with one attached hydrogen (secondary N) is 1. The van der Waals surface area contributed by atoms with Gasteiger partial charge in [-0.25, -0.2) is 4.79 Å². The Morgan fingerprint density at radius 3 is 2.48 bits per heavy atom. The molecule has 1 rings (SSSR count). The fraction of sp³-hybridized carbons (Fsp3) is 0.846. The van der Waals surface area contributed by atoms with Gasteiger partial charge in [0.2, 0.25) is 0 Å². The van der Waals surface area contributed by atoms with Crippen LogP contribution in [0.25, 0.3) is 0 Å². The Morgan fingerprint density at radius 1 is 1.38 bits per heavy atom. The van der Waals surface area contributed by atoms with Gasteiger partial charge in [0.1, 0.15) is 0 Å². The Kier molecular flexibility index (Phi) is 5.94. The van der Waals surface area contributed by atoms with E-state index in [0.717, 1.165) is 0 Å². The summed E-state index contributed by atoms with van der Waals surface area (Å²) in [7, 11) is 1.54. The molecule has 8 nitrogen and oxygen atoms in total. The van der Waals surface area contributed by atoms with Crippen LogP contribution in [0, 0.1) is 0 Å². The van der Waals surface area contributed by atoms with Gasteiger partial charge < -0.3 is 30.3 Å². The number of aliphatic hydroxyl groups is 2. The average molecular weight is 304 g/mol. The molecule has 1 saturated heterocycles. The van der Waals surface area contributed by atoms with Crippen molar-refractivity contribution in [1.29, 1.82) is 0 Å². The summed E-state index contributed by atoms with van der Waals surface area (Å²) in [6.07, 6.45) is 0.459. The first-order valence-corrected chi connectivity index (χ1v) is 6.87. The molecular weight excluding hydrogens is 280 g/mol. The Labute approximate surface area is 123 Å². The van der Waals surface area contributed by atoms with Crippen LogP contribution in [-0.4, -0.2) is 76.8 Å². The van der Waals surface area contributed by atoms with Crippen molar-refractivity contribution < 1.29 is 29.6 Å². The molecular formula is C13H24N2O6. The molecule has 1 atom stereocenters. The van der Waals surface area contributed by atoms with E-state index >= 15 is 0 Å². The molecule has 1 aliphatic heterocycles. The van der Waals surface area contributed by atoms with Crippen molar-refractivity contribution in [2.45, 2.75) is 37.4 Å². The molecule has 0 saturated carbocycles. The number of amides is 2. The molecule has 0 spiro atoms. The summed E-state index contributed by atoms with van der Waals surface area (Å²) in [5, 5.41) is 31.2. The zero-order chi connectivity index (χ0) is 16.1.